The van der Waals surface area contributed by atoms with E-state index in [4.69, 9.17) is 9.47 Å². The molecule has 1 fully saturated rings. The zero-order chi connectivity index (χ0) is 19.8. The summed E-state index contributed by atoms with van der Waals surface area (Å²) in [6, 6.07) is 7.58. The highest BCUT2D eigenvalue weighted by molar-refractivity contribution is 7.07. The molecule has 28 heavy (non-hydrogen) atoms. The minimum Gasteiger partial charge on any atom is -0.490 e. The molecule has 6 heteroatoms. The molecule has 0 saturated carbocycles. The van der Waals surface area contributed by atoms with Gasteiger partial charge in [-0.05, 0) is 86.3 Å². The quantitative estimate of drug-likeness (QED) is 0.683. The van der Waals surface area contributed by atoms with E-state index in [9.17, 15) is 4.79 Å². The number of amides is 1. The van der Waals surface area contributed by atoms with Gasteiger partial charge in [0, 0.05) is 18.7 Å². The van der Waals surface area contributed by atoms with Gasteiger partial charge < -0.3 is 14.8 Å². The third kappa shape index (κ3) is 5.72. The lowest BCUT2D eigenvalue weighted by Gasteiger charge is -2.31. The molecular formula is C22H30N2O3S. The van der Waals surface area contributed by atoms with Gasteiger partial charge in [0.25, 0.3) is 5.91 Å². The maximum atomic E-state index is 12.6. The molecule has 0 bridgehead atoms. The fourth-order valence-electron chi connectivity index (χ4n) is 3.52. The number of rotatable bonds is 9. The summed E-state index contributed by atoms with van der Waals surface area (Å²) in [5.41, 5.74) is 2.01. The zero-order valence-electron chi connectivity index (χ0n) is 16.8. The number of nitrogens with one attached hydrogen (secondary N) is 1. The average molecular weight is 403 g/mol. The summed E-state index contributed by atoms with van der Waals surface area (Å²) in [7, 11) is 0. The number of hydrogen-bond acceptors (Lipinski definition) is 5. The monoisotopic (exact) mass is 402 g/mol. The van der Waals surface area contributed by atoms with E-state index in [0.717, 1.165) is 39.0 Å². The molecule has 5 nitrogen and oxygen atoms in total. The number of carbonyl (C=O) groups excluding carboxylic acids is 1. The van der Waals surface area contributed by atoms with Crippen LogP contribution in [-0.4, -0.2) is 43.7 Å². The summed E-state index contributed by atoms with van der Waals surface area (Å²) in [5.74, 6) is 1.79. The molecule has 0 radical (unpaired) electrons. The highest BCUT2D eigenvalue weighted by atomic mass is 32.1. The number of ether oxygens (including phenoxy) is 2. The molecule has 0 spiro atoms. The van der Waals surface area contributed by atoms with Gasteiger partial charge in [0.2, 0.25) is 0 Å². The van der Waals surface area contributed by atoms with Gasteiger partial charge in [-0.3, -0.25) is 9.69 Å². The van der Waals surface area contributed by atoms with Crippen molar-refractivity contribution in [3.8, 4) is 11.5 Å². The molecule has 2 heterocycles. The Morgan fingerprint density at radius 3 is 2.57 bits per heavy atom. The first-order chi connectivity index (χ1) is 13.7. The summed E-state index contributed by atoms with van der Waals surface area (Å²) < 4.78 is 11.2. The van der Waals surface area contributed by atoms with Crippen molar-refractivity contribution < 1.29 is 14.3 Å². The molecule has 1 amide bonds. The molecule has 1 N–H and O–H groups in total. The highest BCUT2D eigenvalue weighted by Gasteiger charge is 2.20. The van der Waals surface area contributed by atoms with Crippen LogP contribution < -0.4 is 14.8 Å². The Balaban J connectivity index is 1.47. The van der Waals surface area contributed by atoms with Gasteiger partial charge in [0.15, 0.2) is 11.5 Å². The molecule has 3 rings (SSSR count). The third-order valence-corrected chi connectivity index (χ3v) is 5.78. The molecule has 0 aliphatic carbocycles. The van der Waals surface area contributed by atoms with E-state index in [-0.39, 0.29) is 5.91 Å². The molecular weight excluding hydrogens is 372 g/mol. The van der Waals surface area contributed by atoms with Crippen LogP contribution in [0.3, 0.4) is 0 Å². The fourth-order valence-corrected chi connectivity index (χ4v) is 4.18. The SMILES string of the molecule is CCOc1ccc(C(=O)NCC2CCN(Cc3ccsc3)CC2)cc1OCC. The zero-order valence-corrected chi connectivity index (χ0v) is 17.6. The van der Waals surface area contributed by atoms with Crippen LogP contribution in [0.4, 0.5) is 0 Å². The van der Waals surface area contributed by atoms with Crippen LogP contribution in [0.2, 0.25) is 0 Å². The van der Waals surface area contributed by atoms with Crippen molar-refractivity contribution in [1.82, 2.24) is 10.2 Å². The third-order valence-electron chi connectivity index (χ3n) is 5.05. The average Bonchev–Trinajstić information content (AvgIpc) is 3.22. The second-order valence-corrected chi connectivity index (χ2v) is 7.87. The van der Waals surface area contributed by atoms with E-state index in [0.29, 0.717) is 36.2 Å². The van der Waals surface area contributed by atoms with Crippen LogP contribution in [0.5, 0.6) is 11.5 Å². The molecule has 1 aliphatic rings. The molecule has 1 aromatic carbocycles. The largest absolute Gasteiger partial charge is 0.490 e. The van der Waals surface area contributed by atoms with Crippen LogP contribution in [-0.2, 0) is 6.54 Å². The molecule has 0 unspecified atom stereocenters. The van der Waals surface area contributed by atoms with Gasteiger partial charge in [-0.1, -0.05) is 0 Å². The first kappa shape index (κ1) is 20.7. The highest BCUT2D eigenvalue weighted by Crippen LogP contribution is 2.28. The molecule has 1 saturated heterocycles. The van der Waals surface area contributed by atoms with E-state index in [1.165, 1.54) is 5.56 Å². The second-order valence-electron chi connectivity index (χ2n) is 7.09. The van der Waals surface area contributed by atoms with Gasteiger partial charge in [0.1, 0.15) is 0 Å². The first-order valence-corrected chi connectivity index (χ1v) is 11.0. The van der Waals surface area contributed by atoms with E-state index < -0.39 is 0 Å². The summed E-state index contributed by atoms with van der Waals surface area (Å²) in [5, 5.41) is 7.45. The van der Waals surface area contributed by atoms with Crippen molar-refractivity contribution in [1.29, 1.82) is 0 Å². The Hall–Kier alpha value is -2.05. The molecule has 0 atom stereocenters. The van der Waals surface area contributed by atoms with Gasteiger partial charge in [-0.15, -0.1) is 0 Å². The maximum absolute atomic E-state index is 12.6. The van der Waals surface area contributed by atoms with Crippen LogP contribution in [0.25, 0.3) is 0 Å². The van der Waals surface area contributed by atoms with Crippen molar-refractivity contribution in [3.05, 3.63) is 46.2 Å². The minimum absolute atomic E-state index is 0.0512. The number of nitrogens with zero attached hydrogens (tertiary/aromatic N) is 1. The number of benzene rings is 1. The lowest BCUT2D eigenvalue weighted by molar-refractivity contribution is 0.0934. The van der Waals surface area contributed by atoms with Gasteiger partial charge >= 0.3 is 0 Å². The number of thiophene rings is 1. The summed E-state index contributed by atoms with van der Waals surface area (Å²) in [4.78, 5) is 15.1. The van der Waals surface area contributed by atoms with Crippen LogP contribution in [0.15, 0.2) is 35.0 Å². The standard InChI is InChI=1S/C22H30N2O3S/c1-3-26-20-6-5-19(13-21(20)27-4-2)22(25)23-14-17-7-10-24(11-8-17)15-18-9-12-28-16-18/h5-6,9,12-13,16-17H,3-4,7-8,10-11,14-15H2,1-2H3,(H,23,25). The fraction of sp³-hybridized carbons (Fsp3) is 0.500. The van der Waals surface area contributed by atoms with Crippen molar-refractivity contribution in [2.24, 2.45) is 5.92 Å². The van der Waals surface area contributed by atoms with E-state index in [1.54, 1.807) is 23.5 Å². The Morgan fingerprint density at radius 1 is 1.14 bits per heavy atom. The van der Waals surface area contributed by atoms with E-state index in [1.807, 2.05) is 19.9 Å². The van der Waals surface area contributed by atoms with Gasteiger partial charge in [0.05, 0.1) is 13.2 Å². The second kappa shape index (κ2) is 10.5. The number of carbonyl (C=O) groups is 1. The maximum Gasteiger partial charge on any atom is 0.251 e. The predicted octanol–water partition coefficient (Wildman–Crippen LogP) is 4.19. The summed E-state index contributed by atoms with van der Waals surface area (Å²) in [6.45, 7) is 8.90. The Labute approximate surface area is 171 Å². The topological polar surface area (TPSA) is 50.8 Å². The number of hydrogen-bond donors (Lipinski definition) is 1. The smallest absolute Gasteiger partial charge is 0.251 e. The van der Waals surface area contributed by atoms with Gasteiger partial charge in [-0.2, -0.15) is 11.3 Å². The van der Waals surface area contributed by atoms with Gasteiger partial charge in [-0.25, -0.2) is 0 Å². The van der Waals surface area contributed by atoms with E-state index in [2.05, 4.69) is 27.0 Å². The van der Waals surface area contributed by atoms with Crippen LogP contribution in [0, 0.1) is 5.92 Å². The predicted molar refractivity (Wildman–Crippen MR) is 113 cm³/mol. The molecule has 2 aromatic rings. The first-order valence-electron chi connectivity index (χ1n) is 10.1. The number of piperidine rings is 1. The van der Waals surface area contributed by atoms with E-state index >= 15 is 0 Å². The Morgan fingerprint density at radius 2 is 1.89 bits per heavy atom. The summed E-state index contributed by atoms with van der Waals surface area (Å²) >= 11 is 1.75. The lowest BCUT2D eigenvalue weighted by atomic mass is 9.96. The normalized spacial score (nSPS) is 15.4. The van der Waals surface area contributed by atoms with Crippen LogP contribution >= 0.6 is 11.3 Å². The molecule has 152 valence electrons. The lowest BCUT2D eigenvalue weighted by Crippen LogP contribution is -2.38. The minimum atomic E-state index is -0.0512. The van der Waals surface area contributed by atoms with Crippen molar-refractivity contribution in [2.75, 3.05) is 32.8 Å². The Kier molecular flexibility index (Phi) is 7.74. The Bertz CT molecular complexity index is 740. The van der Waals surface area contributed by atoms with Crippen molar-refractivity contribution in [2.45, 2.75) is 33.2 Å². The number of likely N-dealkylation sites (tertiary alicyclic amines) is 1. The summed E-state index contributed by atoms with van der Waals surface area (Å²) in [6.07, 6.45) is 2.25. The van der Waals surface area contributed by atoms with Crippen LogP contribution in [0.1, 0.15) is 42.6 Å². The molecule has 1 aromatic heterocycles. The molecule has 1 aliphatic heterocycles. The van der Waals surface area contributed by atoms with Crippen molar-refractivity contribution >= 4 is 17.2 Å². The van der Waals surface area contributed by atoms with Crippen molar-refractivity contribution in [3.63, 3.8) is 0 Å².